The van der Waals surface area contributed by atoms with E-state index in [1.165, 1.54) is 135 Å². The lowest BCUT2D eigenvalue weighted by atomic mass is 10.0. The summed E-state index contributed by atoms with van der Waals surface area (Å²) in [5.74, 6) is 0. The molecule has 0 saturated carbocycles. The van der Waals surface area contributed by atoms with E-state index in [0.717, 1.165) is 13.1 Å². The molecule has 0 spiro atoms. The quantitative estimate of drug-likeness (QED) is 0.168. The van der Waals surface area contributed by atoms with E-state index in [1.807, 2.05) is 7.05 Å². The van der Waals surface area contributed by atoms with Crippen molar-refractivity contribution in [1.82, 2.24) is 10.6 Å². The minimum absolute atomic E-state index is 1.08. The van der Waals surface area contributed by atoms with Crippen molar-refractivity contribution < 1.29 is 0 Å². The lowest BCUT2D eigenvalue weighted by molar-refractivity contribution is 0.519. The molecule has 0 aliphatic carbocycles. The Morgan fingerprint density at radius 1 is 0.370 bits per heavy atom. The fourth-order valence-corrected chi connectivity index (χ4v) is 3.84. The summed E-state index contributed by atoms with van der Waals surface area (Å²) in [6.45, 7) is 5.68. The molecule has 27 heavy (non-hydrogen) atoms. The van der Waals surface area contributed by atoms with Crippen molar-refractivity contribution in [2.45, 2.75) is 135 Å². The van der Waals surface area contributed by atoms with Crippen molar-refractivity contribution in [3.8, 4) is 0 Å². The number of hydrogen-bond donors (Lipinski definition) is 2. The van der Waals surface area contributed by atoms with Gasteiger partial charge in [0.1, 0.15) is 0 Å². The maximum Gasteiger partial charge on any atom is 0.00766 e. The number of unbranched alkanes of at least 4 members (excludes halogenated alkanes) is 19. The molecule has 2 nitrogen and oxygen atoms in total. The van der Waals surface area contributed by atoms with Crippen molar-refractivity contribution >= 4 is 0 Å². The summed E-state index contributed by atoms with van der Waals surface area (Å²) in [6.07, 6.45) is 29.2. The molecule has 2 N–H and O–H groups in total. The SMILES string of the molecule is CCCCCCCCCCCCCCCCCCCCCCNCCNC. The average Bonchev–Trinajstić information content (AvgIpc) is 2.68. The second-order valence-electron chi connectivity index (χ2n) is 8.57. The summed E-state index contributed by atoms with van der Waals surface area (Å²) in [4.78, 5) is 0. The predicted octanol–water partition coefficient (Wildman–Crippen LogP) is 7.62. The Hall–Kier alpha value is -0.0800. The third-order valence-electron chi connectivity index (χ3n) is 5.76. The highest BCUT2D eigenvalue weighted by Gasteiger charge is 1.95. The van der Waals surface area contributed by atoms with Gasteiger partial charge in [0.15, 0.2) is 0 Å². The van der Waals surface area contributed by atoms with E-state index in [4.69, 9.17) is 0 Å². The molecule has 0 aromatic carbocycles. The number of nitrogens with one attached hydrogen (secondary N) is 2. The molecular weight excluding hydrogens is 328 g/mol. The Balaban J connectivity index is 2.95. The van der Waals surface area contributed by atoms with Gasteiger partial charge in [0.05, 0.1) is 0 Å². The van der Waals surface area contributed by atoms with Gasteiger partial charge in [-0.25, -0.2) is 0 Å². The molecule has 164 valence electrons. The lowest BCUT2D eigenvalue weighted by Gasteiger charge is -2.05. The zero-order valence-corrected chi connectivity index (χ0v) is 19.3. The molecule has 0 saturated heterocycles. The zero-order valence-electron chi connectivity index (χ0n) is 19.3. The second-order valence-corrected chi connectivity index (χ2v) is 8.57. The minimum Gasteiger partial charge on any atom is -0.318 e. The predicted molar refractivity (Wildman–Crippen MR) is 125 cm³/mol. The molecule has 0 radical (unpaired) electrons. The van der Waals surface area contributed by atoms with E-state index in [2.05, 4.69) is 17.6 Å². The Labute approximate surface area is 173 Å². The van der Waals surface area contributed by atoms with Crippen molar-refractivity contribution in [2.24, 2.45) is 0 Å². The Kier molecular flexibility index (Phi) is 25.8. The van der Waals surface area contributed by atoms with Gasteiger partial charge in [-0.15, -0.1) is 0 Å². The molecule has 0 rings (SSSR count). The third-order valence-corrected chi connectivity index (χ3v) is 5.76. The van der Waals surface area contributed by atoms with Crippen molar-refractivity contribution in [3.63, 3.8) is 0 Å². The zero-order chi connectivity index (χ0) is 19.7. The van der Waals surface area contributed by atoms with Gasteiger partial charge in [0, 0.05) is 13.1 Å². The number of hydrogen-bond acceptors (Lipinski definition) is 2. The van der Waals surface area contributed by atoms with Crippen LogP contribution < -0.4 is 10.6 Å². The van der Waals surface area contributed by atoms with E-state index in [0.29, 0.717) is 0 Å². The normalized spacial score (nSPS) is 11.3. The maximum atomic E-state index is 3.48. The summed E-state index contributed by atoms with van der Waals surface area (Å²) in [7, 11) is 2.01. The van der Waals surface area contributed by atoms with Gasteiger partial charge in [-0.2, -0.15) is 0 Å². The molecule has 0 atom stereocenters. The first-order valence-electron chi connectivity index (χ1n) is 12.8. The number of rotatable bonds is 24. The van der Waals surface area contributed by atoms with Gasteiger partial charge in [-0.1, -0.05) is 129 Å². The first-order valence-corrected chi connectivity index (χ1v) is 12.8. The Bertz CT molecular complexity index is 218. The summed E-state index contributed by atoms with van der Waals surface area (Å²) >= 11 is 0. The van der Waals surface area contributed by atoms with Gasteiger partial charge >= 0.3 is 0 Å². The Morgan fingerprint density at radius 2 is 0.704 bits per heavy atom. The molecule has 2 heteroatoms. The summed E-state index contributed by atoms with van der Waals surface area (Å²) in [6, 6.07) is 0. The van der Waals surface area contributed by atoms with Gasteiger partial charge in [-0.3, -0.25) is 0 Å². The summed E-state index contributed by atoms with van der Waals surface area (Å²) in [5.41, 5.74) is 0. The molecule has 0 aliphatic heterocycles. The van der Waals surface area contributed by atoms with E-state index in [9.17, 15) is 0 Å². The average molecular weight is 383 g/mol. The van der Waals surface area contributed by atoms with Crippen molar-refractivity contribution in [2.75, 3.05) is 26.7 Å². The molecule has 0 aliphatic rings. The molecule has 0 amide bonds. The van der Waals surface area contributed by atoms with Gasteiger partial charge in [0.25, 0.3) is 0 Å². The van der Waals surface area contributed by atoms with Crippen LogP contribution in [0.25, 0.3) is 0 Å². The Morgan fingerprint density at radius 3 is 1.04 bits per heavy atom. The van der Waals surface area contributed by atoms with Gasteiger partial charge in [0.2, 0.25) is 0 Å². The highest BCUT2D eigenvalue weighted by molar-refractivity contribution is 4.52. The molecule has 0 fully saturated rings. The second kappa shape index (κ2) is 25.9. The lowest BCUT2D eigenvalue weighted by Crippen LogP contribution is -2.25. The van der Waals surface area contributed by atoms with Gasteiger partial charge in [-0.05, 0) is 20.0 Å². The topological polar surface area (TPSA) is 24.1 Å². The van der Waals surface area contributed by atoms with Crippen LogP contribution in [0.3, 0.4) is 0 Å². The molecular formula is C25H54N2. The van der Waals surface area contributed by atoms with Crippen LogP contribution in [0, 0.1) is 0 Å². The maximum absolute atomic E-state index is 3.48. The highest BCUT2D eigenvalue weighted by Crippen LogP contribution is 2.14. The van der Waals surface area contributed by atoms with Crippen LogP contribution in [0.5, 0.6) is 0 Å². The van der Waals surface area contributed by atoms with E-state index < -0.39 is 0 Å². The van der Waals surface area contributed by atoms with Crippen LogP contribution in [-0.2, 0) is 0 Å². The van der Waals surface area contributed by atoms with Gasteiger partial charge < -0.3 is 10.6 Å². The monoisotopic (exact) mass is 382 g/mol. The summed E-state index contributed by atoms with van der Waals surface area (Å²) < 4.78 is 0. The molecule has 0 aromatic rings. The highest BCUT2D eigenvalue weighted by atomic mass is 14.9. The molecule has 0 bridgehead atoms. The summed E-state index contributed by atoms with van der Waals surface area (Å²) in [5, 5.41) is 6.65. The smallest absolute Gasteiger partial charge is 0.00766 e. The first-order chi connectivity index (χ1) is 13.4. The molecule has 0 unspecified atom stereocenters. The fraction of sp³-hybridized carbons (Fsp3) is 1.00. The fourth-order valence-electron chi connectivity index (χ4n) is 3.84. The van der Waals surface area contributed by atoms with E-state index in [1.54, 1.807) is 0 Å². The number of likely N-dealkylation sites (N-methyl/N-ethyl adjacent to an activating group) is 1. The van der Waals surface area contributed by atoms with Crippen LogP contribution in [0.2, 0.25) is 0 Å². The van der Waals surface area contributed by atoms with E-state index in [-0.39, 0.29) is 0 Å². The first kappa shape index (κ1) is 26.9. The molecule has 0 heterocycles. The third kappa shape index (κ3) is 25.9. The van der Waals surface area contributed by atoms with Crippen molar-refractivity contribution in [1.29, 1.82) is 0 Å². The molecule has 0 aromatic heterocycles. The minimum atomic E-state index is 1.08. The largest absolute Gasteiger partial charge is 0.318 e. The van der Waals surface area contributed by atoms with Crippen LogP contribution in [0.1, 0.15) is 135 Å². The van der Waals surface area contributed by atoms with Crippen LogP contribution in [0.4, 0.5) is 0 Å². The van der Waals surface area contributed by atoms with Crippen LogP contribution in [0.15, 0.2) is 0 Å². The van der Waals surface area contributed by atoms with E-state index >= 15 is 0 Å². The van der Waals surface area contributed by atoms with Crippen LogP contribution >= 0.6 is 0 Å². The standard InChI is InChI=1S/C25H54N2/c1-3-4-5-6-7-8-9-10-11-12-13-14-15-16-17-18-19-20-21-22-23-27-25-24-26-2/h26-27H,3-25H2,1-2H3. The van der Waals surface area contributed by atoms with Crippen LogP contribution in [-0.4, -0.2) is 26.7 Å². The van der Waals surface area contributed by atoms with Crippen molar-refractivity contribution in [3.05, 3.63) is 0 Å².